The van der Waals surface area contributed by atoms with Crippen molar-refractivity contribution in [1.29, 1.82) is 0 Å². The Morgan fingerprint density at radius 2 is 1.73 bits per heavy atom. The van der Waals surface area contributed by atoms with Gasteiger partial charge in [0.05, 0.1) is 22.4 Å². The second-order valence-corrected chi connectivity index (χ2v) is 9.88. The zero-order chi connectivity index (χ0) is 26.6. The molecular formula is C29H29N5O3. The standard InChI is InChI=1S/C29H29N5O3/c1-16(2)21-10-18(12-25-27(21)34(6)29(37)33(25)5)20-9-7-8-17-11-23(30-15-22(17)20)19-13-24(32(3)4)26(28(35)36)31-14-19/h7-16H,1-6H3,(H,35,36). The van der Waals surface area contributed by atoms with Crippen molar-refractivity contribution in [3.8, 4) is 22.4 Å². The van der Waals surface area contributed by atoms with E-state index in [0.29, 0.717) is 11.4 Å². The maximum Gasteiger partial charge on any atom is 0.356 e. The molecule has 0 spiro atoms. The Bertz CT molecular complexity index is 1760. The molecule has 0 aliphatic rings. The number of rotatable bonds is 5. The number of imidazole rings is 1. The summed E-state index contributed by atoms with van der Waals surface area (Å²) in [5.41, 5.74) is 6.96. The maximum absolute atomic E-state index is 12.7. The fourth-order valence-electron chi connectivity index (χ4n) is 4.96. The molecule has 0 radical (unpaired) electrons. The van der Waals surface area contributed by atoms with Gasteiger partial charge in [-0.3, -0.25) is 14.1 Å². The summed E-state index contributed by atoms with van der Waals surface area (Å²) in [6, 6.07) is 14.2. The molecular weight excluding hydrogens is 466 g/mol. The van der Waals surface area contributed by atoms with Crippen LogP contribution in [-0.2, 0) is 14.1 Å². The highest BCUT2D eigenvalue weighted by Crippen LogP contribution is 2.35. The van der Waals surface area contributed by atoms with E-state index in [9.17, 15) is 14.7 Å². The summed E-state index contributed by atoms with van der Waals surface area (Å²) in [5.74, 6) is -0.831. The van der Waals surface area contributed by atoms with Crippen molar-refractivity contribution in [3.63, 3.8) is 0 Å². The number of fused-ring (bicyclic) bond motifs is 2. The smallest absolute Gasteiger partial charge is 0.356 e. The average Bonchev–Trinajstić information content (AvgIpc) is 3.10. The molecule has 188 valence electrons. The Morgan fingerprint density at radius 3 is 2.41 bits per heavy atom. The Kier molecular flexibility index (Phi) is 5.82. The number of carboxylic acids is 1. The van der Waals surface area contributed by atoms with Crippen LogP contribution in [0.4, 0.5) is 5.69 Å². The molecule has 2 aromatic carbocycles. The van der Waals surface area contributed by atoms with Gasteiger partial charge in [0, 0.05) is 51.5 Å². The second-order valence-electron chi connectivity index (χ2n) is 9.88. The molecule has 0 aliphatic carbocycles. The van der Waals surface area contributed by atoms with Gasteiger partial charge in [-0.05, 0) is 52.3 Å². The molecule has 0 aliphatic heterocycles. The highest BCUT2D eigenvalue weighted by Gasteiger charge is 2.18. The van der Waals surface area contributed by atoms with Gasteiger partial charge in [-0.25, -0.2) is 14.6 Å². The molecule has 0 saturated carbocycles. The largest absolute Gasteiger partial charge is 0.476 e. The minimum atomic E-state index is -1.07. The van der Waals surface area contributed by atoms with Crippen molar-refractivity contribution in [3.05, 3.63) is 76.6 Å². The number of hydrogen-bond donors (Lipinski definition) is 1. The van der Waals surface area contributed by atoms with Crippen LogP contribution in [0.3, 0.4) is 0 Å². The minimum Gasteiger partial charge on any atom is -0.476 e. The number of pyridine rings is 2. The number of hydrogen-bond acceptors (Lipinski definition) is 5. The van der Waals surface area contributed by atoms with Gasteiger partial charge >= 0.3 is 11.7 Å². The van der Waals surface area contributed by atoms with Crippen molar-refractivity contribution in [1.82, 2.24) is 19.1 Å². The molecule has 5 aromatic rings. The first-order valence-electron chi connectivity index (χ1n) is 12.1. The first-order chi connectivity index (χ1) is 17.6. The number of carboxylic acid groups (broad SMARTS) is 1. The summed E-state index contributed by atoms with van der Waals surface area (Å²) in [6.45, 7) is 4.28. The van der Waals surface area contributed by atoms with Crippen LogP contribution in [0.15, 0.2) is 59.7 Å². The number of aryl methyl sites for hydroxylation is 2. The van der Waals surface area contributed by atoms with Crippen molar-refractivity contribution >= 4 is 33.5 Å². The van der Waals surface area contributed by atoms with E-state index in [1.165, 1.54) is 0 Å². The number of nitrogens with zero attached hydrogens (tertiary/aromatic N) is 5. The molecule has 8 heteroatoms. The Balaban J connectivity index is 1.68. The summed E-state index contributed by atoms with van der Waals surface area (Å²) in [7, 11) is 7.20. The van der Waals surface area contributed by atoms with Gasteiger partial charge in [-0.15, -0.1) is 0 Å². The van der Waals surface area contributed by atoms with Gasteiger partial charge in [0.15, 0.2) is 5.69 Å². The normalized spacial score (nSPS) is 11.5. The third kappa shape index (κ3) is 3.94. The fourth-order valence-corrected chi connectivity index (χ4v) is 4.96. The van der Waals surface area contributed by atoms with Gasteiger partial charge in [0.2, 0.25) is 0 Å². The Labute approximate surface area is 214 Å². The lowest BCUT2D eigenvalue weighted by molar-refractivity contribution is 0.0691. The predicted molar refractivity (Wildman–Crippen MR) is 148 cm³/mol. The van der Waals surface area contributed by atoms with Crippen LogP contribution in [0.5, 0.6) is 0 Å². The Morgan fingerprint density at radius 1 is 0.973 bits per heavy atom. The van der Waals surface area contributed by atoms with Crippen LogP contribution in [0.1, 0.15) is 35.8 Å². The lowest BCUT2D eigenvalue weighted by atomic mass is 9.93. The molecule has 0 amide bonds. The van der Waals surface area contributed by atoms with E-state index in [2.05, 4.69) is 37.0 Å². The minimum absolute atomic E-state index is 0.00323. The number of benzene rings is 2. The zero-order valence-electron chi connectivity index (χ0n) is 21.8. The van der Waals surface area contributed by atoms with Crippen molar-refractivity contribution in [2.45, 2.75) is 19.8 Å². The van der Waals surface area contributed by atoms with Gasteiger partial charge < -0.3 is 10.0 Å². The molecule has 1 N–H and O–H groups in total. The second kappa shape index (κ2) is 8.89. The van der Waals surface area contributed by atoms with Crippen molar-refractivity contribution in [2.75, 3.05) is 19.0 Å². The van der Waals surface area contributed by atoms with Gasteiger partial charge in [0.25, 0.3) is 0 Å². The van der Waals surface area contributed by atoms with E-state index in [1.54, 1.807) is 47.4 Å². The monoisotopic (exact) mass is 495 g/mol. The van der Waals surface area contributed by atoms with Crippen LogP contribution in [0.2, 0.25) is 0 Å². The average molecular weight is 496 g/mol. The number of aromatic nitrogens is 4. The van der Waals surface area contributed by atoms with Crippen LogP contribution >= 0.6 is 0 Å². The first-order valence-corrected chi connectivity index (χ1v) is 12.1. The molecule has 3 heterocycles. The molecule has 8 nitrogen and oxygen atoms in total. The van der Waals surface area contributed by atoms with E-state index in [-0.39, 0.29) is 17.3 Å². The molecule has 0 fully saturated rings. The van der Waals surface area contributed by atoms with E-state index < -0.39 is 5.97 Å². The summed E-state index contributed by atoms with van der Waals surface area (Å²) < 4.78 is 3.42. The van der Waals surface area contributed by atoms with Crippen LogP contribution in [0, 0.1) is 0 Å². The number of carbonyl (C=O) groups is 1. The highest BCUT2D eigenvalue weighted by atomic mass is 16.4. The Hall–Kier alpha value is -4.46. The van der Waals surface area contributed by atoms with E-state index in [1.807, 2.05) is 31.4 Å². The van der Waals surface area contributed by atoms with Crippen LogP contribution in [-0.4, -0.2) is 44.3 Å². The lowest BCUT2D eigenvalue weighted by Gasteiger charge is -2.16. The zero-order valence-corrected chi connectivity index (χ0v) is 21.8. The summed E-state index contributed by atoms with van der Waals surface area (Å²) in [6.07, 6.45) is 3.40. The lowest BCUT2D eigenvalue weighted by Crippen LogP contribution is -2.19. The molecule has 0 saturated heterocycles. The topological polar surface area (TPSA) is 93.2 Å². The third-order valence-electron chi connectivity index (χ3n) is 6.94. The molecule has 0 atom stereocenters. The summed E-state index contributed by atoms with van der Waals surface area (Å²) in [5, 5.41) is 11.5. The quantitative estimate of drug-likeness (QED) is 0.367. The summed E-state index contributed by atoms with van der Waals surface area (Å²) in [4.78, 5) is 34.9. The van der Waals surface area contributed by atoms with Crippen molar-refractivity contribution < 1.29 is 9.90 Å². The summed E-state index contributed by atoms with van der Waals surface area (Å²) >= 11 is 0. The molecule has 0 unspecified atom stereocenters. The third-order valence-corrected chi connectivity index (χ3v) is 6.94. The van der Waals surface area contributed by atoms with Crippen molar-refractivity contribution in [2.24, 2.45) is 14.1 Å². The van der Waals surface area contributed by atoms with Gasteiger partial charge in [-0.1, -0.05) is 32.0 Å². The molecule has 0 bridgehead atoms. The van der Waals surface area contributed by atoms with Gasteiger partial charge in [0.1, 0.15) is 0 Å². The molecule has 3 aromatic heterocycles. The van der Waals surface area contributed by atoms with E-state index in [4.69, 9.17) is 4.98 Å². The predicted octanol–water partition coefficient (Wildman–Crippen LogP) is 5.04. The van der Waals surface area contributed by atoms with E-state index in [0.717, 1.165) is 44.1 Å². The van der Waals surface area contributed by atoms with E-state index >= 15 is 0 Å². The number of anilines is 1. The highest BCUT2D eigenvalue weighted by molar-refractivity contribution is 6.00. The molecule has 37 heavy (non-hydrogen) atoms. The number of aromatic carboxylic acids is 1. The van der Waals surface area contributed by atoms with Gasteiger partial charge in [-0.2, -0.15) is 0 Å². The van der Waals surface area contributed by atoms with Crippen LogP contribution < -0.4 is 10.6 Å². The fraction of sp³-hybridized carbons (Fsp3) is 0.241. The SMILES string of the molecule is CC(C)c1cc(-c2cccc3cc(-c4cnc(C(=O)O)c(N(C)C)c4)ncc23)cc2c1n(C)c(=O)n2C. The van der Waals surface area contributed by atoms with Crippen LogP contribution in [0.25, 0.3) is 44.2 Å². The maximum atomic E-state index is 12.7. The molecule has 5 rings (SSSR count). The first kappa shape index (κ1) is 24.2.